The van der Waals surface area contributed by atoms with Crippen molar-refractivity contribution in [2.24, 2.45) is 5.73 Å². The van der Waals surface area contributed by atoms with Crippen LogP contribution in [-0.4, -0.2) is 25.2 Å². The largest absolute Gasteiger partial charge is 0.497 e. The summed E-state index contributed by atoms with van der Waals surface area (Å²) < 4.78 is 10.6. The maximum absolute atomic E-state index is 5.36. The molecule has 0 fully saturated rings. The summed E-state index contributed by atoms with van der Waals surface area (Å²) >= 11 is 1.60. The van der Waals surface area contributed by atoms with E-state index in [-0.39, 0.29) is 0 Å². The molecule has 0 radical (unpaired) electrons. The van der Waals surface area contributed by atoms with E-state index in [0.717, 1.165) is 22.0 Å². The predicted molar refractivity (Wildman–Crippen MR) is 72.8 cm³/mol. The van der Waals surface area contributed by atoms with E-state index in [1.54, 1.807) is 18.4 Å². The van der Waals surface area contributed by atoms with Crippen molar-refractivity contribution < 1.29 is 9.47 Å². The van der Waals surface area contributed by atoms with Crippen LogP contribution in [0.1, 0.15) is 5.69 Å². The third kappa shape index (κ3) is 3.29. The highest BCUT2D eigenvalue weighted by atomic mass is 32.1. The molecular weight excluding hydrogens is 248 g/mol. The highest BCUT2D eigenvalue weighted by Crippen LogP contribution is 2.26. The molecule has 0 aliphatic rings. The molecule has 0 bridgehead atoms. The van der Waals surface area contributed by atoms with E-state index in [9.17, 15) is 0 Å². The number of rotatable bonds is 6. The first-order chi connectivity index (χ1) is 8.83. The average Bonchev–Trinajstić information content (AvgIpc) is 2.88. The third-order valence-electron chi connectivity index (χ3n) is 2.38. The van der Waals surface area contributed by atoms with Crippen LogP contribution < -0.4 is 10.5 Å². The summed E-state index contributed by atoms with van der Waals surface area (Å²) in [5.74, 6) is 0.837. The first kappa shape index (κ1) is 13.0. The van der Waals surface area contributed by atoms with E-state index in [1.165, 1.54) is 0 Å². The van der Waals surface area contributed by atoms with E-state index in [4.69, 9.17) is 15.2 Å². The van der Waals surface area contributed by atoms with Crippen LogP contribution in [-0.2, 0) is 11.3 Å². The van der Waals surface area contributed by atoms with Crippen LogP contribution in [0.5, 0.6) is 5.75 Å². The molecule has 0 atom stereocenters. The van der Waals surface area contributed by atoms with Gasteiger partial charge in [-0.3, -0.25) is 0 Å². The zero-order chi connectivity index (χ0) is 12.8. The van der Waals surface area contributed by atoms with E-state index >= 15 is 0 Å². The highest BCUT2D eigenvalue weighted by Gasteiger charge is 2.05. The Kier molecular flexibility index (Phi) is 4.69. The molecule has 18 heavy (non-hydrogen) atoms. The summed E-state index contributed by atoms with van der Waals surface area (Å²) in [6.07, 6.45) is 0. The summed E-state index contributed by atoms with van der Waals surface area (Å²) in [6.45, 7) is 1.61. The molecule has 1 aromatic heterocycles. The number of nitrogens with zero attached hydrogens (tertiary/aromatic N) is 1. The first-order valence-corrected chi connectivity index (χ1v) is 6.58. The van der Waals surface area contributed by atoms with Crippen molar-refractivity contribution in [2.45, 2.75) is 6.61 Å². The van der Waals surface area contributed by atoms with Crippen LogP contribution >= 0.6 is 11.3 Å². The van der Waals surface area contributed by atoms with E-state index < -0.39 is 0 Å². The van der Waals surface area contributed by atoms with Gasteiger partial charge < -0.3 is 15.2 Å². The van der Waals surface area contributed by atoms with Crippen molar-refractivity contribution in [3.05, 3.63) is 35.3 Å². The smallest absolute Gasteiger partial charge is 0.123 e. The summed E-state index contributed by atoms with van der Waals surface area (Å²) in [5, 5.41) is 2.98. The predicted octanol–water partition coefficient (Wildman–Crippen LogP) is 2.29. The van der Waals surface area contributed by atoms with Crippen molar-refractivity contribution in [1.29, 1.82) is 0 Å². The van der Waals surface area contributed by atoms with Crippen molar-refractivity contribution >= 4 is 11.3 Å². The van der Waals surface area contributed by atoms with Crippen LogP contribution in [0.2, 0.25) is 0 Å². The minimum absolute atomic E-state index is 0.512. The van der Waals surface area contributed by atoms with Crippen molar-refractivity contribution in [3.8, 4) is 16.3 Å². The first-order valence-electron chi connectivity index (χ1n) is 5.70. The maximum atomic E-state index is 5.36. The third-order valence-corrected chi connectivity index (χ3v) is 3.32. The second-order valence-corrected chi connectivity index (χ2v) is 4.58. The molecule has 1 heterocycles. The van der Waals surface area contributed by atoms with E-state index in [2.05, 4.69) is 4.98 Å². The van der Waals surface area contributed by atoms with Gasteiger partial charge in [-0.2, -0.15) is 0 Å². The minimum Gasteiger partial charge on any atom is -0.497 e. The molecule has 5 heteroatoms. The molecule has 96 valence electrons. The summed E-state index contributed by atoms with van der Waals surface area (Å²) in [4.78, 5) is 4.52. The Morgan fingerprint density at radius 2 is 2.28 bits per heavy atom. The molecule has 2 N–H and O–H groups in total. The highest BCUT2D eigenvalue weighted by molar-refractivity contribution is 7.13. The van der Waals surface area contributed by atoms with Gasteiger partial charge in [0, 0.05) is 17.5 Å². The number of ether oxygens (including phenoxy) is 2. The fourth-order valence-electron chi connectivity index (χ4n) is 1.52. The van der Waals surface area contributed by atoms with E-state index in [1.807, 2.05) is 29.6 Å². The van der Waals surface area contributed by atoms with Crippen LogP contribution in [0.15, 0.2) is 29.6 Å². The fourth-order valence-corrected chi connectivity index (χ4v) is 2.32. The average molecular weight is 264 g/mol. The van der Waals surface area contributed by atoms with Gasteiger partial charge in [0.25, 0.3) is 0 Å². The van der Waals surface area contributed by atoms with Gasteiger partial charge in [0.15, 0.2) is 0 Å². The Labute approximate surface area is 110 Å². The summed E-state index contributed by atoms with van der Waals surface area (Å²) in [6, 6.07) is 7.87. The quantitative estimate of drug-likeness (QED) is 0.813. The molecule has 0 amide bonds. The fraction of sp³-hybridized carbons (Fsp3) is 0.308. The van der Waals surface area contributed by atoms with Gasteiger partial charge in [-0.1, -0.05) is 12.1 Å². The standard InChI is InChI=1S/C13H16N2O2S/c1-16-12-4-2-3-10(7-12)13-15-11(9-18-13)8-17-6-5-14/h2-4,7,9H,5-6,8,14H2,1H3. The lowest BCUT2D eigenvalue weighted by Gasteiger charge is -2.01. The molecule has 2 rings (SSSR count). The molecule has 0 saturated heterocycles. The van der Waals surface area contributed by atoms with Gasteiger partial charge in [-0.05, 0) is 12.1 Å². The zero-order valence-electron chi connectivity index (χ0n) is 10.3. The lowest BCUT2D eigenvalue weighted by atomic mass is 10.2. The number of hydrogen-bond acceptors (Lipinski definition) is 5. The molecule has 2 aromatic rings. The number of thiazole rings is 1. The summed E-state index contributed by atoms with van der Waals surface area (Å²) in [5.41, 5.74) is 7.36. The number of nitrogens with two attached hydrogens (primary N) is 1. The summed E-state index contributed by atoms with van der Waals surface area (Å²) in [7, 11) is 1.66. The lowest BCUT2D eigenvalue weighted by molar-refractivity contribution is 0.126. The molecule has 0 saturated carbocycles. The van der Waals surface area contributed by atoms with Gasteiger partial charge in [0.2, 0.25) is 0 Å². The van der Waals surface area contributed by atoms with Gasteiger partial charge in [0.1, 0.15) is 10.8 Å². The molecular formula is C13H16N2O2S. The van der Waals surface area contributed by atoms with E-state index in [0.29, 0.717) is 19.8 Å². The lowest BCUT2D eigenvalue weighted by Crippen LogP contribution is -2.08. The minimum atomic E-state index is 0.512. The van der Waals surface area contributed by atoms with Gasteiger partial charge in [-0.25, -0.2) is 4.98 Å². The molecule has 4 nitrogen and oxygen atoms in total. The van der Waals surface area contributed by atoms with Crippen molar-refractivity contribution in [2.75, 3.05) is 20.3 Å². The zero-order valence-corrected chi connectivity index (χ0v) is 11.1. The van der Waals surface area contributed by atoms with Gasteiger partial charge >= 0.3 is 0 Å². The van der Waals surface area contributed by atoms with Crippen LogP contribution in [0.25, 0.3) is 10.6 Å². The number of methoxy groups -OCH3 is 1. The second-order valence-electron chi connectivity index (χ2n) is 3.72. The van der Waals surface area contributed by atoms with Crippen molar-refractivity contribution in [3.63, 3.8) is 0 Å². The Balaban J connectivity index is 2.08. The molecule has 0 unspecified atom stereocenters. The van der Waals surface area contributed by atoms with Crippen molar-refractivity contribution in [1.82, 2.24) is 4.98 Å². The molecule has 0 aliphatic carbocycles. The number of hydrogen-bond donors (Lipinski definition) is 1. The maximum Gasteiger partial charge on any atom is 0.123 e. The molecule has 1 aromatic carbocycles. The number of benzene rings is 1. The van der Waals surface area contributed by atoms with Gasteiger partial charge in [0.05, 0.1) is 26.0 Å². The molecule has 0 spiro atoms. The normalized spacial score (nSPS) is 10.6. The number of aromatic nitrogens is 1. The van der Waals surface area contributed by atoms with Gasteiger partial charge in [-0.15, -0.1) is 11.3 Å². The Bertz CT molecular complexity index is 499. The molecule has 0 aliphatic heterocycles. The SMILES string of the molecule is COc1cccc(-c2nc(COCCN)cs2)c1. The Morgan fingerprint density at radius 3 is 3.06 bits per heavy atom. The Morgan fingerprint density at radius 1 is 1.39 bits per heavy atom. The van der Waals surface area contributed by atoms with Crippen LogP contribution in [0.3, 0.4) is 0 Å². The second kappa shape index (κ2) is 6.49. The topological polar surface area (TPSA) is 57.4 Å². The monoisotopic (exact) mass is 264 g/mol. The van der Waals surface area contributed by atoms with Crippen LogP contribution in [0, 0.1) is 0 Å². The van der Waals surface area contributed by atoms with Crippen LogP contribution in [0.4, 0.5) is 0 Å². The Hall–Kier alpha value is -1.43.